The van der Waals surface area contributed by atoms with Gasteiger partial charge in [0.2, 0.25) is 17.8 Å². The Bertz CT molecular complexity index is 1330. The fourth-order valence-electron chi connectivity index (χ4n) is 5.11. The van der Waals surface area contributed by atoms with Crippen LogP contribution in [0.2, 0.25) is 0 Å². The van der Waals surface area contributed by atoms with E-state index in [4.69, 9.17) is 0 Å². The molecule has 4 aromatic heterocycles. The molecule has 1 aliphatic carbocycles. The Morgan fingerprint density at radius 2 is 2.03 bits per heavy atom. The number of nitrogens with one attached hydrogen (secondary N) is 2. The molecule has 4 aromatic rings. The number of carbonyl (C=O) groups excluding carboxylic acids is 1. The molecule has 1 saturated heterocycles. The van der Waals surface area contributed by atoms with Gasteiger partial charge < -0.3 is 15.2 Å². The number of anilines is 1. The predicted octanol–water partition coefficient (Wildman–Crippen LogP) is 3.61. The number of hydrogen-bond acceptors (Lipinski definition) is 5. The number of aromatic amines is 1. The second-order valence-corrected chi connectivity index (χ2v) is 9.19. The number of nitrogens with zero attached hydrogens (tertiary/aromatic N) is 5. The molecule has 2 aliphatic rings. The molecule has 164 valence electrons. The molecule has 6 rings (SSSR count). The summed E-state index contributed by atoms with van der Waals surface area (Å²) in [6.07, 6.45) is 10.4. The third kappa shape index (κ3) is 3.03. The van der Waals surface area contributed by atoms with Gasteiger partial charge in [-0.25, -0.2) is 9.97 Å². The maximum absolute atomic E-state index is 13.9. The Morgan fingerprint density at radius 3 is 2.84 bits per heavy atom. The van der Waals surface area contributed by atoms with E-state index in [1.165, 1.54) is 10.6 Å². The van der Waals surface area contributed by atoms with Gasteiger partial charge >= 0.3 is 0 Å². The van der Waals surface area contributed by atoms with Gasteiger partial charge in [0, 0.05) is 54.2 Å². The summed E-state index contributed by atoms with van der Waals surface area (Å²) in [4.78, 5) is 31.1. The second kappa shape index (κ2) is 7.01. The lowest BCUT2D eigenvalue weighted by molar-refractivity contribution is -0.145. The summed E-state index contributed by atoms with van der Waals surface area (Å²) in [7, 11) is 0. The molecule has 0 radical (unpaired) electrons. The number of amides is 1. The summed E-state index contributed by atoms with van der Waals surface area (Å²) in [5.74, 6) is 0.424. The van der Waals surface area contributed by atoms with E-state index in [1.54, 1.807) is 18.5 Å². The molecule has 1 saturated carbocycles. The molecule has 0 bridgehead atoms. The Hall–Kier alpha value is -3.49. The van der Waals surface area contributed by atoms with E-state index in [0.29, 0.717) is 17.2 Å². The molecule has 1 amide bonds. The van der Waals surface area contributed by atoms with Crippen LogP contribution in [-0.4, -0.2) is 54.3 Å². The number of fused-ring (bicyclic) bond motifs is 2. The van der Waals surface area contributed by atoms with Crippen LogP contribution < -0.4 is 5.32 Å². The van der Waals surface area contributed by atoms with Gasteiger partial charge in [0.1, 0.15) is 11.3 Å². The molecule has 9 heteroatoms. The maximum atomic E-state index is 13.9. The van der Waals surface area contributed by atoms with Gasteiger partial charge in [-0.1, -0.05) is 6.92 Å². The van der Waals surface area contributed by atoms with Crippen LogP contribution in [0.3, 0.4) is 0 Å². The summed E-state index contributed by atoms with van der Waals surface area (Å²) in [5.41, 5.74) is 2.73. The highest BCUT2D eigenvalue weighted by Crippen LogP contribution is 2.44. The topological polar surface area (TPSA) is 91.2 Å². The lowest BCUT2D eigenvalue weighted by Crippen LogP contribution is -2.53. The smallest absolute Gasteiger partial charge is 0.228 e. The summed E-state index contributed by atoms with van der Waals surface area (Å²) >= 11 is 0. The van der Waals surface area contributed by atoms with E-state index in [-0.39, 0.29) is 17.4 Å². The number of imidazole rings is 1. The highest BCUT2D eigenvalue weighted by Gasteiger charge is 2.48. The van der Waals surface area contributed by atoms with E-state index in [1.807, 2.05) is 17.2 Å². The fraction of sp³-hybridized carbons (Fsp3) is 0.391. The molecule has 1 aliphatic heterocycles. The van der Waals surface area contributed by atoms with Crippen LogP contribution in [0.15, 0.2) is 36.9 Å². The van der Waals surface area contributed by atoms with Gasteiger partial charge in [-0.15, -0.1) is 0 Å². The molecule has 2 N–H and O–H groups in total. The van der Waals surface area contributed by atoms with Crippen LogP contribution in [-0.2, 0) is 4.79 Å². The predicted molar refractivity (Wildman–Crippen MR) is 119 cm³/mol. The molecule has 5 heterocycles. The van der Waals surface area contributed by atoms with E-state index < -0.39 is 5.95 Å². The van der Waals surface area contributed by atoms with Crippen LogP contribution in [0.5, 0.6) is 0 Å². The molecular weight excluding hydrogens is 409 g/mol. The SMILES string of the molecule is C[C@]1(C(=O)N2CCCC2)C[C@H](Nc2ncc3c(-c4ccc5ncc(F)n5c4)c[nH]c3n2)C1. The van der Waals surface area contributed by atoms with Gasteiger partial charge in [-0.2, -0.15) is 9.37 Å². The summed E-state index contributed by atoms with van der Waals surface area (Å²) in [5, 5.41) is 4.23. The standard InChI is InChI=1S/C23H24FN7O/c1-23(21(32)30-6-2-3-7-30)8-15(9-23)28-22-27-11-17-16(10-26-20(17)29-22)14-4-5-19-25-12-18(24)31(19)13-14/h4-5,10-13,15H,2-3,6-9H2,1H3,(H2,26,27,28,29)/t15-,23-. The van der Waals surface area contributed by atoms with Crippen molar-refractivity contribution in [3.8, 4) is 11.1 Å². The van der Waals surface area contributed by atoms with Gasteiger partial charge in [-0.3, -0.25) is 9.20 Å². The second-order valence-electron chi connectivity index (χ2n) is 9.19. The lowest BCUT2D eigenvalue weighted by atomic mass is 9.66. The van der Waals surface area contributed by atoms with Crippen molar-refractivity contribution < 1.29 is 9.18 Å². The third-order valence-electron chi connectivity index (χ3n) is 6.84. The average molecular weight is 433 g/mol. The number of pyridine rings is 1. The van der Waals surface area contributed by atoms with E-state index in [2.05, 4.69) is 32.2 Å². The molecule has 32 heavy (non-hydrogen) atoms. The summed E-state index contributed by atoms with van der Waals surface area (Å²) in [6, 6.07) is 3.87. The monoisotopic (exact) mass is 433 g/mol. The zero-order valence-corrected chi connectivity index (χ0v) is 17.8. The zero-order chi connectivity index (χ0) is 21.9. The largest absolute Gasteiger partial charge is 0.351 e. The minimum atomic E-state index is -0.403. The van der Waals surface area contributed by atoms with Gasteiger partial charge in [0.05, 0.1) is 11.6 Å². The Kier molecular flexibility index (Phi) is 4.21. The third-order valence-corrected chi connectivity index (χ3v) is 6.84. The first kappa shape index (κ1) is 19.2. The number of H-pyrrole nitrogens is 1. The first-order chi connectivity index (χ1) is 15.5. The highest BCUT2D eigenvalue weighted by atomic mass is 19.1. The molecule has 0 unspecified atom stereocenters. The average Bonchev–Trinajstić information content (AvgIpc) is 3.52. The van der Waals surface area contributed by atoms with Crippen molar-refractivity contribution in [2.75, 3.05) is 18.4 Å². The summed E-state index contributed by atoms with van der Waals surface area (Å²) in [6.45, 7) is 3.84. The first-order valence-electron chi connectivity index (χ1n) is 11.0. The first-order valence-corrected chi connectivity index (χ1v) is 11.0. The van der Waals surface area contributed by atoms with Crippen LogP contribution in [0.1, 0.15) is 32.6 Å². The number of aromatic nitrogens is 5. The normalized spacial score (nSPS) is 23.1. The molecule has 2 fully saturated rings. The Morgan fingerprint density at radius 1 is 1.22 bits per heavy atom. The van der Waals surface area contributed by atoms with Gasteiger partial charge in [-0.05, 0) is 37.8 Å². The van der Waals surface area contributed by atoms with Crippen molar-refractivity contribution in [1.29, 1.82) is 0 Å². The van der Waals surface area contributed by atoms with E-state index in [9.17, 15) is 9.18 Å². The quantitative estimate of drug-likeness (QED) is 0.513. The maximum Gasteiger partial charge on any atom is 0.228 e. The van der Waals surface area contributed by atoms with Crippen LogP contribution in [0.25, 0.3) is 27.8 Å². The Labute approximate surface area is 183 Å². The number of halogens is 1. The van der Waals surface area contributed by atoms with Crippen molar-refractivity contribution >= 4 is 28.5 Å². The van der Waals surface area contributed by atoms with Crippen molar-refractivity contribution in [3.63, 3.8) is 0 Å². The molecule has 8 nitrogen and oxygen atoms in total. The van der Waals surface area contributed by atoms with Crippen molar-refractivity contribution in [2.24, 2.45) is 5.41 Å². The van der Waals surface area contributed by atoms with Crippen molar-refractivity contribution in [3.05, 3.63) is 42.9 Å². The van der Waals surface area contributed by atoms with Crippen LogP contribution >= 0.6 is 0 Å². The van der Waals surface area contributed by atoms with Gasteiger partial charge in [0.25, 0.3) is 0 Å². The molecular formula is C23H24FN7O. The van der Waals surface area contributed by atoms with Crippen LogP contribution in [0, 0.1) is 11.4 Å². The number of likely N-dealkylation sites (tertiary alicyclic amines) is 1. The van der Waals surface area contributed by atoms with E-state index in [0.717, 1.165) is 55.3 Å². The fourth-order valence-corrected chi connectivity index (χ4v) is 5.11. The number of rotatable bonds is 4. The Balaban J connectivity index is 1.19. The van der Waals surface area contributed by atoms with Crippen LogP contribution in [0.4, 0.5) is 10.3 Å². The minimum absolute atomic E-state index is 0.185. The van der Waals surface area contributed by atoms with E-state index >= 15 is 0 Å². The molecule has 0 atom stereocenters. The minimum Gasteiger partial charge on any atom is -0.351 e. The van der Waals surface area contributed by atoms with Crippen molar-refractivity contribution in [2.45, 2.75) is 38.6 Å². The number of carbonyl (C=O) groups is 1. The lowest BCUT2D eigenvalue weighted by Gasteiger charge is -2.45. The zero-order valence-electron chi connectivity index (χ0n) is 17.8. The van der Waals surface area contributed by atoms with Crippen molar-refractivity contribution in [1.82, 2.24) is 29.2 Å². The molecule has 0 spiro atoms. The molecule has 0 aromatic carbocycles. The summed E-state index contributed by atoms with van der Waals surface area (Å²) < 4.78 is 15.3. The highest BCUT2D eigenvalue weighted by molar-refractivity contribution is 5.93. The number of hydrogen-bond donors (Lipinski definition) is 2. The van der Waals surface area contributed by atoms with Gasteiger partial charge in [0.15, 0.2) is 0 Å².